The van der Waals surface area contributed by atoms with Gasteiger partial charge in [-0.15, -0.1) is 0 Å². The van der Waals surface area contributed by atoms with Crippen LogP contribution in [0, 0.1) is 13.8 Å². The Balaban J connectivity index is 1.69. The molecule has 0 amide bonds. The minimum Gasteiger partial charge on any atom is -0.353 e. The Hall–Kier alpha value is -1.94. The Bertz CT molecular complexity index is 543. The van der Waals surface area contributed by atoms with E-state index in [2.05, 4.69) is 51.8 Å². The third-order valence-electron chi connectivity index (χ3n) is 3.33. The molecular weight excluding hydrogens is 260 g/mol. The second-order valence-corrected chi connectivity index (χ2v) is 5.25. The summed E-state index contributed by atoms with van der Waals surface area (Å²) >= 11 is 0. The van der Waals surface area contributed by atoms with Gasteiger partial charge in [0.1, 0.15) is 0 Å². The van der Waals surface area contributed by atoms with E-state index >= 15 is 0 Å². The van der Waals surface area contributed by atoms with Crippen molar-refractivity contribution in [3.8, 4) is 0 Å². The quantitative estimate of drug-likeness (QED) is 0.768. The van der Waals surface area contributed by atoms with Crippen molar-refractivity contribution in [2.75, 3.05) is 18.4 Å². The molecule has 1 aromatic heterocycles. The zero-order valence-electron chi connectivity index (χ0n) is 13.1. The van der Waals surface area contributed by atoms with Crippen molar-refractivity contribution >= 4 is 5.95 Å². The molecule has 4 nitrogen and oxygen atoms in total. The van der Waals surface area contributed by atoms with Crippen LogP contribution in [-0.2, 0) is 13.0 Å². The van der Waals surface area contributed by atoms with Crippen LogP contribution < -0.4 is 10.6 Å². The number of aromatic nitrogens is 2. The van der Waals surface area contributed by atoms with E-state index < -0.39 is 0 Å². The van der Waals surface area contributed by atoms with Crippen molar-refractivity contribution in [2.24, 2.45) is 0 Å². The van der Waals surface area contributed by atoms with Gasteiger partial charge in [0.15, 0.2) is 0 Å². The van der Waals surface area contributed by atoms with Crippen LogP contribution in [-0.4, -0.2) is 23.1 Å². The molecule has 0 bridgehead atoms. The van der Waals surface area contributed by atoms with Gasteiger partial charge in [-0.3, -0.25) is 0 Å². The lowest BCUT2D eigenvalue weighted by molar-refractivity contribution is 0.704. The Labute approximate surface area is 127 Å². The zero-order chi connectivity index (χ0) is 15.1. The van der Waals surface area contributed by atoms with E-state index in [9.17, 15) is 0 Å². The molecule has 21 heavy (non-hydrogen) atoms. The summed E-state index contributed by atoms with van der Waals surface area (Å²) in [5, 5.41) is 6.67. The third-order valence-corrected chi connectivity index (χ3v) is 3.33. The van der Waals surface area contributed by atoms with Crippen molar-refractivity contribution in [3.63, 3.8) is 0 Å². The molecule has 0 atom stereocenters. The van der Waals surface area contributed by atoms with Crippen molar-refractivity contribution in [1.29, 1.82) is 0 Å². The lowest BCUT2D eigenvalue weighted by Gasteiger charge is -2.08. The molecule has 0 saturated heterocycles. The molecule has 0 aliphatic carbocycles. The van der Waals surface area contributed by atoms with Gasteiger partial charge in [-0.25, -0.2) is 9.97 Å². The molecule has 0 aliphatic rings. The van der Waals surface area contributed by atoms with Crippen molar-refractivity contribution in [1.82, 2.24) is 15.3 Å². The maximum atomic E-state index is 4.36. The molecule has 0 saturated carbocycles. The SMILES string of the molecule is CCc1ccc(CNCCNc2nc(C)cc(C)n2)cc1. The van der Waals surface area contributed by atoms with Crippen LogP contribution in [0.25, 0.3) is 0 Å². The maximum Gasteiger partial charge on any atom is 0.223 e. The van der Waals surface area contributed by atoms with Gasteiger partial charge in [0.05, 0.1) is 0 Å². The lowest BCUT2D eigenvalue weighted by Crippen LogP contribution is -2.22. The molecule has 0 unspecified atom stereocenters. The third kappa shape index (κ3) is 5.16. The van der Waals surface area contributed by atoms with E-state index in [1.807, 2.05) is 19.9 Å². The van der Waals surface area contributed by atoms with Crippen LogP contribution in [0.3, 0.4) is 0 Å². The molecule has 2 N–H and O–H groups in total. The van der Waals surface area contributed by atoms with Crippen molar-refractivity contribution < 1.29 is 0 Å². The Morgan fingerprint density at radius 1 is 0.905 bits per heavy atom. The van der Waals surface area contributed by atoms with Crippen LogP contribution in [0.15, 0.2) is 30.3 Å². The Morgan fingerprint density at radius 2 is 1.52 bits per heavy atom. The van der Waals surface area contributed by atoms with E-state index in [1.165, 1.54) is 11.1 Å². The largest absolute Gasteiger partial charge is 0.353 e. The highest BCUT2D eigenvalue weighted by molar-refractivity contribution is 5.27. The average molecular weight is 284 g/mol. The second-order valence-electron chi connectivity index (χ2n) is 5.25. The Morgan fingerprint density at radius 3 is 2.14 bits per heavy atom. The first-order chi connectivity index (χ1) is 10.2. The Kier molecular flexibility index (Phi) is 5.69. The number of aryl methyl sites for hydroxylation is 3. The van der Waals surface area contributed by atoms with E-state index in [-0.39, 0.29) is 0 Å². The van der Waals surface area contributed by atoms with Crippen molar-refractivity contribution in [3.05, 3.63) is 52.8 Å². The van der Waals surface area contributed by atoms with Gasteiger partial charge in [-0.2, -0.15) is 0 Å². The highest BCUT2D eigenvalue weighted by Gasteiger charge is 1.98. The maximum absolute atomic E-state index is 4.36. The minimum absolute atomic E-state index is 0.710. The van der Waals surface area contributed by atoms with E-state index in [0.717, 1.165) is 37.4 Å². The molecular formula is C17H24N4. The summed E-state index contributed by atoms with van der Waals surface area (Å²) in [6.07, 6.45) is 1.09. The molecule has 1 heterocycles. The molecule has 1 aromatic carbocycles. The van der Waals surface area contributed by atoms with Crippen LogP contribution in [0.1, 0.15) is 29.4 Å². The smallest absolute Gasteiger partial charge is 0.223 e. The van der Waals surface area contributed by atoms with Gasteiger partial charge < -0.3 is 10.6 Å². The highest BCUT2D eigenvalue weighted by Crippen LogP contribution is 2.05. The minimum atomic E-state index is 0.710. The molecule has 2 rings (SSSR count). The van der Waals surface area contributed by atoms with Gasteiger partial charge in [-0.1, -0.05) is 31.2 Å². The first-order valence-electron chi connectivity index (χ1n) is 7.52. The first-order valence-corrected chi connectivity index (χ1v) is 7.52. The standard InChI is InChI=1S/C17H24N4/c1-4-15-5-7-16(8-6-15)12-18-9-10-19-17-20-13(2)11-14(3)21-17/h5-8,11,18H,4,9-10,12H2,1-3H3,(H,19,20,21). The number of nitrogens with zero attached hydrogens (tertiary/aromatic N) is 2. The van der Waals surface area contributed by atoms with E-state index in [1.54, 1.807) is 0 Å². The molecule has 0 radical (unpaired) electrons. The normalized spacial score (nSPS) is 10.6. The average Bonchev–Trinajstić information content (AvgIpc) is 2.46. The fraction of sp³-hybridized carbons (Fsp3) is 0.412. The summed E-state index contributed by atoms with van der Waals surface area (Å²) in [7, 11) is 0. The number of hydrogen-bond acceptors (Lipinski definition) is 4. The zero-order valence-corrected chi connectivity index (χ0v) is 13.1. The molecule has 112 valence electrons. The van der Waals surface area contributed by atoms with E-state index in [0.29, 0.717) is 5.95 Å². The molecule has 0 aliphatic heterocycles. The van der Waals surface area contributed by atoms with Gasteiger partial charge >= 0.3 is 0 Å². The van der Waals surface area contributed by atoms with Gasteiger partial charge in [0.25, 0.3) is 0 Å². The fourth-order valence-corrected chi connectivity index (χ4v) is 2.19. The van der Waals surface area contributed by atoms with Crippen LogP contribution in [0.2, 0.25) is 0 Å². The van der Waals surface area contributed by atoms with Crippen LogP contribution in [0.4, 0.5) is 5.95 Å². The van der Waals surface area contributed by atoms with E-state index in [4.69, 9.17) is 0 Å². The summed E-state index contributed by atoms with van der Waals surface area (Å²) in [5.41, 5.74) is 4.69. The summed E-state index contributed by atoms with van der Waals surface area (Å²) < 4.78 is 0. The topological polar surface area (TPSA) is 49.8 Å². The fourth-order valence-electron chi connectivity index (χ4n) is 2.19. The molecule has 4 heteroatoms. The number of anilines is 1. The number of hydrogen-bond donors (Lipinski definition) is 2. The molecule has 2 aromatic rings. The first kappa shape index (κ1) is 15.4. The monoisotopic (exact) mass is 284 g/mol. The molecule has 0 spiro atoms. The van der Waals surface area contributed by atoms with Gasteiger partial charge in [0, 0.05) is 31.0 Å². The van der Waals surface area contributed by atoms with Crippen molar-refractivity contribution in [2.45, 2.75) is 33.7 Å². The predicted molar refractivity (Wildman–Crippen MR) is 87.5 cm³/mol. The van der Waals surface area contributed by atoms with Gasteiger partial charge in [0.2, 0.25) is 5.95 Å². The second kappa shape index (κ2) is 7.74. The van der Waals surface area contributed by atoms with Crippen LogP contribution >= 0.6 is 0 Å². The number of benzene rings is 1. The number of nitrogens with one attached hydrogen (secondary N) is 2. The lowest BCUT2D eigenvalue weighted by atomic mass is 10.1. The number of rotatable bonds is 7. The summed E-state index contributed by atoms with van der Waals surface area (Å²) in [6.45, 7) is 8.73. The summed E-state index contributed by atoms with van der Waals surface area (Å²) in [5.74, 6) is 0.710. The predicted octanol–water partition coefficient (Wildman–Crippen LogP) is 2.86. The highest BCUT2D eigenvalue weighted by atomic mass is 15.1. The molecule has 0 fully saturated rings. The van der Waals surface area contributed by atoms with Crippen LogP contribution in [0.5, 0.6) is 0 Å². The summed E-state index contributed by atoms with van der Waals surface area (Å²) in [6, 6.07) is 10.7. The summed E-state index contributed by atoms with van der Waals surface area (Å²) in [4.78, 5) is 8.72. The van der Waals surface area contributed by atoms with Gasteiger partial charge in [-0.05, 0) is 37.5 Å².